The minimum absolute atomic E-state index is 0.104. The van der Waals surface area contributed by atoms with E-state index in [9.17, 15) is 4.79 Å². The predicted molar refractivity (Wildman–Crippen MR) is 64.7 cm³/mol. The van der Waals surface area contributed by atoms with Gasteiger partial charge in [0, 0.05) is 5.56 Å². The first kappa shape index (κ1) is 11.9. The van der Waals surface area contributed by atoms with Gasteiger partial charge in [-0.1, -0.05) is 13.3 Å². The molecule has 1 aromatic rings. The largest absolute Gasteiger partial charge is 0.454 e. The summed E-state index contributed by atoms with van der Waals surface area (Å²) in [4.78, 5) is 12.2. The van der Waals surface area contributed by atoms with E-state index in [0.29, 0.717) is 17.1 Å². The molecule has 1 heterocycles. The highest BCUT2D eigenvalue weighted by Gasteiger charge is 2.20. The van der Waals surface area contributed by atoms with Crippen molar-refractivity contribution in [3.05, 3.63) is 23.8 Å². The van der Waals surface area contributed by atoms with Crippen molar-refractivity contribution in [2.24, 2.45) is 0 Å². The van der Waals surface area contributed by atoms with Crippen LogP contribution in [0.4, 0.5) is 0 Å². The van der Waals surface area contributed by atoms with E-state index in [1.54, 1.807) is 18.2 Å². The number of ether oxygens (including phenoxy) is 2. The lowest BCUT2D eigenvalue weighted by atomic mass is 10.0. The van der Waals surface area contributed by atoms with E-state index in [1.807, 2.05) is 7.05 Å². The molecule has 1 N–H and O–H groups in total. The molecule has 0 unspecified atom stereocenters. The summed E-state index contributed by atoms with van der Waals surface area (Å²) in [5, 5.41) is 3.05. The van der Waals surface area contributed by atoms with Crippen molar-refractivity contribution < 1.29 is 14.3 Å². The average molecular weight is 235 g/mol. The lowest BCUT2D eigenvalue weighted by Crippen LogP contribution is -2.33. The van der Waals surface area contributed by atoms with E-state index < -0.39 is 0 Å². The second-order valence-electron chi connectivity index (χ2n) is 4.06. The van der Waals surface area contributed by atoms with Crippen LogP contribution in [0, 0.1) is 0 Å². The molecule has 2 rings (SSSR count). The van der Waals surface area contributed by atoms with Gasteiger partial charge in [-0.2, -0.15) is 0 Å². The number of likely N-dealkylation sites (N-methyl/N-ethyl adjacent to an activating group) is 1. The van der Waals surface area contributed by atoms with Gasteiger partial charge in [0.05, 0.1) is 6.04 Å². The number of Topliss-reactive ketones (excluding diaryl/α,β-unsaturated/α-hetero) is 1. The van der Waals surface area contributed by atoms with Crippen LogP contribution >= 0.6 is 0 Å². The molecule has 0 spiro atoms. The van der Waals surface area contributed by atoms with Gasteiger partial charge in [-0.3, -0.25) is 4.79 Å². The number of hydrogen-bond donors (Lipinski definition) is 1. The standard InChI is InChI=1S/C13H17NO3/c1-3-4-10(14-2)13(15)9-5-6-11-12(7-9)17-8-16-11/h5-7,10,14H,3-4,8H2,1-2H3/t10-/m1/s1. The Morgan fingerprint density at radius 2 is 2.18 bits per heavy atom. The van der Waals surface area contributed by atoms with E-state index in [4.69, 9.17) is 9.47 Å². The van der Waals surface area contributed by atoms with Crippen molar-refractivity contribution in [3.63, 3.8) is 0 Å². The zero-order chi connectivity index (χ0) is 12.3. The lowest BCUT2D eigenvalue weighted by molar-refractivity contribution is 0.0941. The second-order valence-corrected chi connectivity index (χ2v) is 4.06. The van der Waals surface area contributed by atoms with E-state index in [2.05, 4.69) is 12.2 Å². The number of benzene rings is 1. The van der Waals surface area contributed by atoms with Crippen molar-refractivity contribution in [1.82, 2.24) is 5.32 Å². The van der Waals surface area contributed by atoms with Crippen LogP contribution < -0.4 is 14.8 Å². The molecule has 0 radical (unpaired) electrons. The van der Waals surface area contributed by atoms with Gasteiger partial charge in [0.1, 0.15) is 0 Å². The molecule has 0 amide bonds. The van der Waals surface area contributed by atoms with E-state index in [1.165, 1.54) is 0 Å². The van der Waals surface area contributed by atoms with E-state index >= 15 is 0 Å². The molecule has 4 heteroatoms. The van der Waals surface area contributed by atoms with Gasteiger partial charge in [0.25, 0.3) is 0 Å². The van der Waals surface area contributed by atoms with Crippen molar-refractivity contribution in [1.29, 1.82) is 0 Å². The monoisotopic (exact) mass is 235 g/mol. The van der Waals surface area contributed by atoms with Gasteiger partial charge in [-0.15, -0.1) is 0 Å². The summed E-state index contributed by atoms with van der Waals surface area (Å²) in [7, 11) is 1.81. The summed E-state index contributed by atoms with van der Waals surface area (Å²) in [5.41, 5.74) is 0.669. The Bertz CT molecular complexity index is 417. The first-order valence-electron chi connectivity index (χ1n) is 5.87. The third kappa shape index (κ3) is 2.42. The molecule has 0 bridgehead atoms. The molecule has 0 aliphatic carbocycles. The fraction of sp³-hybridized carbons (Fsp3) is 0.462. The summed E-state index contributed by atoms with van der Waals surface area (Å²) in [5.74, 6) is 1.47. The molecule has 92 valence electrons. The maximum atomic E-state index is 12.2. The summed E-state index contributed by atoms with van der Waals surface area (Å²) >= 11 is 0. The summed E-state index contributed by atoms with van der Waals surface area (Å²) in [6.07, 6.45) is 1.81. The van der Waals surface area contributed by atoms with Crippen LogP contribution in [0.15, 0.2) is 18.2 Å². The van der Waals surface area contributed by atoms with Crippen LogP contribution in [0.2, 0.25) is 0 Å². The Kier molecular flexibility index (Phi) is 3.64. The molecule has 1 aliphatic heterocycles. The third-order valence-corrected chi connectivity index (χ3v) is 2.90. The van der Waals surface area contributed by atoms with E-state index in [-0.39, 0.29) is 18.6 Å². The fourth-order valence-electron chi connectivity index (χ4n) is 1.95. The maximum absolute atomic E-state index is 12.2. The Labute approximate surface area is 101 Å². The van der Waals surface area contributed by atoms with Crippen molar-refractivity contribution in [2.75, 3.05) is 13.8 Å². The second kappa shape index (κ2) is 5.19. The molecule has 0 fully saturated rings. The highest BCUT2D eigenvalue weighted by molar-refractivity contribution is 6.00. The van der Waals surface area contributed by atoms with Crippen LogP contribution in [0.5, 0.6) is 11.5 Å². The van der Waals surface area contributed by atoms with Gasteiger partial charge in [0.2, 0.25) is 6.79 Å². The van der Waals surface area contributed by atoms with Crippen LogP contribution in [0.25, 0.3) is 0 Å². The lowest BCUT2D eigenvalue weighted by Gasteiger charge is -2.14. The molecule has 0 saturated carbocycles. The highest BCUT2D eigenvalue weighted by atomic mass is 16.7. The number of fused-ring (bicyclic) bond motifs is 1. The van der Waals surface area contributed by atoms with Crippen molar-refractivity contribution in [3.8, 4) is 11.5 Å². The number of ketones is 1. The molecule has 0 saturated heterocycles. The molecule has 1 aliphatic rings. The van der Waals surface area contributed by atoms with Crippen LogP contribution in [0.3, 0.4) is 0 Å². The average Bonchev–Trinajstić information content (AvgIpc) is 2.82. The molecular formula is C13H17NO3. The predicted octanol–water partition coefficient (Wildman–Crippen LogP) is 1.99. The zero-order valence-electron chi connectivity index (χ0n) is 10.2. The van der Waals surface area contributed by atoms with Gasteiger partial charge >= 0.3 is 0 Å². The Morgan fingerprint density at radius 1 is 1.41 bits per heavy atom. The minimum atomic E-state index is -0.125. The Morgan fingerprint density at radius 3 is 2.88 bits per heavy atom. The van der Waals surface area contributed by atoms with Crippen molar-refractivity contribution in [2.45, 2.75) is 25.8 Å². The molecule has 1 atom stereocenters. The molecule has 4 nitrogen and oxygen atoms in total. The zero-order valence-corrected chi connectivity index (χ0v) is 10.2. The van der Waals surface area contributed by atoms with Gasteiger partial charge < -0.3 is 14.8 Å². The number of carbonyl (C=O) groups excluding carboxylic acids is 1. The number of rotatable bonds is 5. The minimum Gasteiger partial charge on any atom is -0.454 e. The molecule has 17 heavy (non-hydrogen) atoms. The van der Waals surface area contributed by atoms with Crippen LogP contribution in [0.1, 0.15) is 30.1 Å². The Hall–Kier alpha value is -1.55. The Balaban J connectivity index is 2.19. The summed E-state index contributed by atoms with van der Waals surface area (Å²) in [6, 6.07) is 5.20. The smallest absolute Gasteiger partial charge is 0.231 e. The highest BCUT2D eigenvalue weighted by Crippen LogP contribution is 2.32. The normalized spacial score (nSPS) is 14.7. The summed E-state index contributed by atoms with van der Waals surface area (Å²) < 4.78 is 10.5. The maximum Gasteiger partial charge on any atom is 0.231 e. The topological polar surface area (TPSA) is 47.6 Å². The molecular weight excluding hydrogens is 218 g/mol. The van der Waals surface area contributed by atoms with Crippen LogP contribution in [-0.4, -0.2) is 25.7 Å². The van der Waals surface area contributed by atoms with Gasteiger partial charge in [-0.25, -0.2) is 0 Å². The van der Waals surface area contributed by atoms with Gasteiger partial charge in [0.15, 0.2) is 17.3 Å². The van der Waals surface area contributed by atoms with Crippen LogP contribution in [-0.2, 0) is 0 Å². The number of hydrogen-bond acceptors (Lipinski definition) is 4. The van der Waals surface area contributed by atoms with Crippen molar-refractivity contribution >= 4 is 5.78 Å². The van der Waals surface area contributed by atoms with Gasteiger partial charge in [-0.05, 0) is 31.7 Å². The number of nitrogens with one attached hydrogen (secondary N) is 1. The fourth-order valence-corrected chi connectivity index (χ4v) is 1.95. The first-order chi connectivity index (χ1) is 8.26. The summed E-state index contributed by atoms with van der Waals surface area (Å²) in [6.45, 7) is 2.30. The first-order valence-corrected chi connectivity index (χ1v) is 5.87. The third-order valence-electron chi connectivity index (χ3n) is 2.90. The molecule has 1 aromatic carbocycles. The van der Waals surface area contributed by atoms with E-state index in [0.717, 1.165) is 12.8 Å². The quantitative estimate of drug-likeness (QED) is 0.793. The SMILES string of the molecule is CCC[C@@H](NC)C(=O)c1ccc2c(c1)OCO2. The number of carbonyl (C=O) groups is 1. The molecule has 0 aromatic heterocycles.